The molecular formula is C14H7Br2Cl3N2O6. The maximum Gasteiger partial charge on any atom is 0.312 e. The molecule has 0 saturated carbocycles. The van der Waals surface area contributed by atoms with Crippen LogP contribution in [-0.4, -0.2) is 23.9 Å². The number of phenolic OH excluding ortho intramolecular Hbond substituents is 2. The number of rotatable bonds is 4. The predicted octanol–water partition coefficient (Wildman–Crippen LogP) is 5.94. The normalized spacial score (nSPS) is 11.6. The van der Waals surface area contributed by atoms with Crippen molar-refractivity contribution in [3.8, 4) is 11.5 Å². The molecule has 0 heterocycles. The van der Waals surface area contributed by atoms with Gasteiger partial charge in [0, 0.05) is 32.2 Å². The first-order valence-corrected chi connectivity index (χ1v) is 9.46. The lowest BCUT2D eigenvalue weighted by Gasteiger charge is -2.26. The van der Waals surface area contributed by atoms with Crippen molar-refractivity contribution in [3.63, 3.8) is 0 Å². The second-order valence-electron chi connectivity index (χ2n) is 5.21. The molecule has 0 bridgehead atoms. The van der Waals surface area contributed by atoms with E-state index in [0.717, 1.165) is 12.1 Å². The van der Waals surface area contributed by atoms with Crippen LogP contribution >= 0.6 is 66.7 Å². The van der Waals surface area contributed by atoms with Crippen LogP contribution < -0.4 is 0 Å². The van der Waals surface area contributed by atoms with Gasteiger partial charge >= 0.3 is 11.4 Å². The molecule has 2 aromatic rings. The van der Waals surface area contributed by atoms with E-state index in [1.165, 1.54) is 12.1 Å². The lowest BCUT2D eigenvalue weighted by Crippen LogP contribution is -2.19. The van der Waals surface area contributed by atoms with Crippen molar-refractivity contribution in [3.05, 3.63) is 64.6 Å². The van der Waals surface area contributed by atoms with Gasteiger partial charge in [0.05, 0.1) is 15.8 Å². The van der Waals surface area contributed by atoms with E-state index in [1.54, 1.807) is 0 Å². The van der Waals surface area contributed by atoms with Crippen molar-refractivity contribution < 1.29 is 20.1 Å². The van der Waals surface area contributed by atoms with Gasteiger partial charge in [0.1, 0.15) is 0 Å². The predicted molar refractivity (Wildman–Crippen MR) is 107 cm³/mol. The summed E-state index contributed by atoms with van der Waals surface area (Å²) in [6.07, 6.45) is 0. The number of hydrogen-bond acceptors (Lipinski definition) is 6. The molecule has 2 aromatic carbocycles. The summed E-state index contributed by atoms with van der Waals surface area (Å²) in [5.41, 5.74) is -1.80. The highest BCUT2D eigenvalue weighted by Crippen LogP contribution is 2.54. The fraction of sp³-hybridized carbons (Fsp3) is 0.143. The molecular weight excluding hydrogens is 558 g/mol. The number of aromatic hydroxyl groups is 2. The van der Waals surface area contributed by atoms with Crippen LogP contribution in [0, 0.1) is 20.2 Å². The molecule has 0 saturated heterocycles. The van der Waals surface area contributed by atoms with Crippen molar-refractivity contribution >= 4 is 78.0 Å². The van der Waals surface area contributed by atoms with Gasteiger partial charge in [-0.15, -0.1) is 0 Å². The van der Waals surface area contributed by atoms with Crippen LogP contribution in [0.4, 0.5) is 11.4 Å². The molecule has 0 fully saturated rings. The van der Waals surface area contributed by atoms with Gasteiger partial charge in [0.25, 0.3) is 0 Å². The van der Waals surface area contributed by atoms with Crippen molar-refractivity contribution in [2.75, 3.05) is 0 Å². The van der Waals surface area contributed by atoms with Gasteiger partial charge in [-0.2, -0.15) is 0 Å². The third kappa shape index (κ3) is 4.57. The second kappa shape index (κ2) is 7.96. The number of nitro benzene ring substituents is 2. The Balaban J connectivity index is 2.89. The third-order valence-corrected chi connectivity index (χ3v) is 5.08. The first-order chi connectivity index (χ1) is 12.3. The SMILES string of the molecule is O=[N+]([O-])c1cc(Br)cc(C(c2cc(Br)cc([N+](=O)[O-])c2O)C(Cl)(Cl)Cl)c1O. The van der Waals surface area contributed by atoms with Gasteiger partial charge in [-0.25, -0.2) is 0 Å². The minimum Gasteiger partial charge on any atom is -0.502 e. The van der Waals surface area contributed by atoms with Crippen LogP contribution in [0.15, 0.2) is 33.2 Å². The molecule has 0 atom stereocenters. The van der Waals surface area contributed by atoms with Crippen molar-refractivity contribution in [2.45, 2.75) is 9.71 Å². The van der Waals surface area contributed by atoms with Gasteiger partial charge in [0.15, 0.2) is 11.5 Å². The number of hydrogen-bond donors (Lipinski definition) is 2. The summed E-state index contributed by atoms with van der Waals surface area (Å²) < 4.78 is -1.87. The quantitative estimate of drug-likeness (QED) is 0.268. The van der Waals surface area contributed by atoms with Crippen LogP contribution in [0.25, 0.3) is 0 Å². The minimum atomic E-state index is -2.24. The summed E-state index contributed by atoms with van der Waals surface area (Å²) in [5, 5.41) is 43.1. The molecule has 0 amide bonds. The topological polar surface area (TPSA) is 127 Å². The molecule has 0 radical (unpaired) electrons. The van der Waals surface area contributed by atoms with Gasteiger partial charge in [-0.1, -0.05) is 66.7 Å². The first kappa shape index (κ1) is 22.0. The highest BCUT2D eigenvalue weighted by molar-refractivity contribution is 9.10. The van der Waals surface area contributed by atoms with E-state index in [0.29, 0.717) is 0 Å². The Morgan fingerprint density at radius 1 is 0.852 bits per heavy atom. The average Bonchev–Trinajstić information content (AvgIpc) is 2.51. The standard InChI is InChI=1S/C14H7Br2Cl3N2O6/c15-5-1-7(12(22)9(3-5)20(24)25)11(14(17,18)19)8-2-6(16)4-10(13(8)23)21(26)27/h1-4,11,22-23H. The Kier molecular flexibility index (Phi) is 6.48. The second-order valence-corrected chi connectivity index (χ2v) is 9.41. The largest absolute Gasteiger partial charge is 0.502 e. The zero-order chi connectivity index (χ0) is 20.7. The molecule has 0 aliphatic rings. The summed E-state index contributed by atoms with van der Waals surface area (Å²) in [5.74, 6) is -3.09. The van der Waals surface area contributed by atoms with Crippen LogP contribution in [0.5, 0.6) is 11.5 Å². The highest BCUT2D eigenvalue weighted by Gasteiger charge is 2.42. The van der Waals surface area contributed by atoms with Crippen molar-refractivity contribution in [1.29, 1.82) is 0 Å². The summed E-state index contributed by atoms with van der Waals surface area (Å²) >= 11 is 24.2. The van der Waals surface area contributed by atoms with Gasteiger partial charge in [0.2, 0.25) is 3.79 Å². The molecule has 8 nitrogen and oxygen atoms in total. The lowest BCUT2D eigenvalue weighted by atomic mass is 9.90. The van der Waals surface area contributed by atoms with Crippen LogP contribution in [0.2, 0.25) is 0 Å². The number of halogens is 5. The molecule has 144 valence electrons. The highest BCUT2D eigenvalue weighted by atomic mass is 79.9. The van der Waals surface area contributed by atoms with E-state index in [2.05, 4.69) is 31.9 Å². The maximum absolute atomic E-state index is 11.2. The summed E-state index contributed by atoms with van der Waals surface area (Å²) in [7, 11) is 0. The molecule has 13 heteroatoms. The minimum absolute atomic E-state index is 0.185. The van der Waals surface area contributed by atoms with Crippen LogP contribution in [0.3, 0.4) is 0 Å². The van der Waals surface area contributed by atoms with E-state index >= 15 is 0 Å². The van der Waals surface area contributed by atoms with Crippen molar-refractivity contribution in [2.24, 2.45) is 0 Å². The van der Waals surface area contributed by atoms with Crippen LogP contribution in [0.1, 0.15) is 17.0 Å². The first-order valence-electron chi connectivity index (χ1n) is 6.75. The van der Waals surface area contributed by atoms with E-state index in [-0.39, 0.29) is 20.1 Å². The Morgan fingerprint density at radius 2 is 1.19 bits per heavy atom. The van der Waals surface area contributed by atoms with Crippen LogP contribution in [-0.2, 0) is 0 Å². The molecule has 2 N–H and O–H groups in total. The molecule has 2 rings (SSSR count). The maximum atomic E-state index is 11.2. The molecule has 0 spiro atoms. The zero-order valence-electron chi connectivity index (χ0n) is 12.7. The Hall–Kier alpha value is -1.33. The van der Waals surface area contributed by atoms with Gasteiger partial charge in [-0.05, 0) is 12.1 Å². The fourth-order valence-electron chi connectivity index (χ4n) is 2.45. The summed E-state index contributed by atoms with van der Waals surface area (Å²) in [4.78, 5) is 20.7. The number of phenols is 2. The summed E-state index contributed by atoms with van der Waals surface area (Å²) in [6, 6.07) is 4.58. The van der Waals surface area contributed by atoms with Gasteiger partial charge in [-0.3, -0.25) is 20.2 Å². The molecule has 0 aromatic heterocycles. The van der Waals surface area contributed by atoms with E-state index in [4.69, 9.17) is 34.8 Å². The van der Waals surface area contributed by atoms with Crippen molar-refractivity contribution in [1.82, 2.24) is 0 Å². The number of nitrogens with zero attached hydrogens (tertiary/aromatic N) is 2. The third-order valence-electron chi connectivity index (χ3n) is 3.51. The van der Waals surface area contributed by atoms with Gasteiger partial charge < -0.3 is 10.2 Å². The Labute approximate surface area is 183 Å². The molecule has 0 aliphatic heterocycles. The van der Waals surface area contributed by atoms with E-state index in [9.17, 15) is 30.4 Å². The Bertz CT molecular complexity index is 882. The lowest BCUT2D eigenvalue weighted by molar-refractivity contribution is -0.386. The summed E-state index contributed by atoms with van der Waals surface area (Å²) in [6.45, 7) is 0. The fourth-order valence-corrected chi connectivity index (χ4v) is 4.08. The zero-order valence-corrected chi connectivity index (χ0v) is 18.1. The van der Waals surface area contributed by atoms with E-state index < -0.39 is 42.4 Å². The Morgan fingerprint density at radius 3 is 1.44 bits per heavy atom. The molecule has 0 unspecified atom stereocenters. The molecule has 0 aliphatic carbocycles. The monoisotopic (exact) mass is 562 g/mol. The smallest absolute Gasteiger partial charge is 0.312 e. The van der Waals surface area contributed by atoms with E-state index in [1.807, 2.05) is 0 Å². The number of alkyl halides is 3. The molecule has 27 heavy (non-hydrogen) atoms. The average molecular weight is 565 g/mol. The number of nitro groups is 2. The number of benzene rings is 2.